The normalized spacial score (nSPS) is 15.3. The van der Waals surface area contributed by atoms with E-state index in [0.29, 0.717) is 25.8 Å². The summed E-state index contributed by atoms with van der Waals surface area (Å²) >= 11 is 0. The number of carbonyl (C=O) groups excluding carboxylic acids is 1. The van der Waals surface area contributed by atoms with E-state index in [1.54, 1.807) is 6.92 Å². The lowest BCUT2D eigenvalue weighted by molar-refractivity contribution is -0.935. The molecule has 0 aliphatic carbocycles. The van der Waals surface area contributed by atoms with Crippen molar-refractivity contribution >= 4 is 17.9 Å². The van der Waals surface area contributed by atoms with Gasteiger partial charge in [-0.25, -0.2) is 0 Å². The second-order valence-electron chi connectivity index (χ2n) is 11.6. The Morgan fingerprint density at radius 2 is 0.974 bits per heavy atom. The van der Waals surface area contributed by atoms with Gasteiger partial charge < -0.3 is 24.6 Å². The molecular weight excluding hydrogens is 494 g/mol. The SMILES string of the molecule is C=CCCCCCCCCCCCCCCC[N+](CC(CC)C(=O)[O-])(CC(CC)C(=O)O)CC(CC)C(=O)O. The maximum absolute atomic E-state index is 11.9. The summed E-state index contributed by atoms with van der Waals surface area (Å²) in [5.74, 6) is -4.95. The first-order valence-corrected chi connectivity index (χ1v) is 15.8. The molecule has 39 heavy (non-hydrogen) atoms. The molecule has 0 aliphatic heterocycles. The highest BCUT2D eigenvalue weighted by Gasteiger charge is 2.39. The zero-order valence-electron chi connectivity index (χ0n) is 25.3. The van der Waals surface area contributed by atoms with E-state index in [9.17, 15) is 29.7 Å². The minimum atomic E-state index is -1.14. The third-order valence-corrected chi connectivity index (χ3v) is 8.37. The molecule has 7 heteroatoms. The number of quaternary nitrogens is 1. The minimum Gasteiger partial charge on any atom is -0.550 e. The number of aliphatic carboxylic acids is 3. The van der Waals surface area contributed by atoms with Gasteiger partial charge in [-0.2, -0.15) is 0 Å². The number of rotatable bonds is 28. The quantitative estimate of drug-likeness (QED) is 0.0654. The first kappa shape index (κ1) is 37.1. The molecule has 0 saturated heterocycles. The number of hydrogen-bond acceptors (Lipinski definition) is 4. The summed E-state index contributed by atoms with van der Waals surface area (Å²) in [7, 11) is 0. The molecule has 0 amide bonds. The lowest BCUT2D eigenvalue weighted by atomic mass is 9.95. The van der Waals surface area contributed by atoms with Crippen molar-refractivity contribution in [1.29, 1.82) is 0 Å². The largest absolute Gasteiger partial charge is 0.550 e. The van der Waals surface area contributed by atoms with Gasteiger partial charge >= 0.3 is 11.9 Å². The Kier molecular flexibility index (Phi) is 21.8. The number of carboxylic acids is 3. The van der Waals surface area contributed by atoms with Crippen LogP contribution in [0.15, 0.2) is 12.7 Å². The summed E-state index contributed by atoms with van der Waals surface area (Å²) in [4.78, 5) is 35.7. The molecular formula is C32H59NO6. The van der Waals surface area contributed by atoms with E-state index in [-0.39, 0.29) is 24.1 Å². The zero-order chi connectivity index (χ0) is 29.5. The molecule has 0 aliphatic rings. The van der Waals surface area contributed by atoms with E-state index >= 15 is 0 Å². The fraction of sp³-hybridized carbons (Fsp3) is 0.844. The number of hydrogen-bond donors (Lipinski definition) is 2. The maximum atomic E-state index is 11.9. The van der Waals surface area contributed by atoms with Crippen LogP contribution in [0, 0.1) is 17.8 Å². The number of nitrogens with zero attached hydrogens (tertiary/aromatic N) is 1. The van der Waals surface area contributed by atoms with Crippen LogP contribution in [0.5, 0.6) is 0 Å². The summed E-state index contributed by atoms with van der Waals surface area (Å²) in [5.41, 5.74) is 0. The third kappa shape index (κ3) is 17.4. The fourth-order valence-electron chi connectivity index (χ4n) is 5.71. The molecule has 0 rings (SSSR count). The van der Waals surface area contributed by atoms with Crippen molar-refractivity contribution in [3.63, 3.8) is 0 Å². The molecule has 0 aromatic rings. The van der Waals surface area contributed by atoms with Crippen molar-refractivity contribution < 1.29 is 34.2 Å². The van der Waals surface area contributed by atoms with Crippen LogP contribution in [0.4, 0.5) is 0 Å². The lowest BCUT2D eigenvalue weighted by Crippen LogP contribution is -2.59. The Labute approximate surface area is 238 Å². The molecule has 3 atom stereocenters. The number of carboxylic acid groups (broad SMARTS) is 3. The molecule has 0 heterocycles. The van der Waals surface area contributed by atoms with Gasteiger partial charge in [0.1, 0.15) is 11.8 Å². The molecule has 2 N–H and O–H groups in total. The van der Waals surface area contributed by atoms with Crippen molar-refractivity contribution in [3.05, 3.63) is 12.7 Å². The average molecular weight is 554 g/mol. The van der Waals surface area contributed by atoms with Crippen LogP contribution in [0.25, 0.3) is 0 Å². The second kappa shape index (κ2) is 22.9. The van der Waals surface area contributed by atoms with E-state index in [4.69, 9.17) is 0 Å². The standard InChI is InChI=1S/C32H59NO6/c1-5-9-10-11-12-13-14-15-16-17-18-19-20-21-22-23-33(24-27(6-2)30(34)35,25-28(7-3)31(36)37)26-29(8-4)32(38)39/h5,27-29H,1,6-26H2,2-4H3,(H2-,34,35,36,37,38,39). The molecule has 0 spiro atoms. The predicted octanol–water partition coefficient (Wildman–Crippen LogP) is 6.45. The molecule has 0 fully saturated rings. The topological polar surface area (TPSA) is 115 Å². The zero-order valence-corrected chi connectivity index (χ0v) is 25.3. The summed E-state index contributed by atoms with van der Waals surface area (Å²) in [6.07, 6.45) is 20.1. The van der Waals surface area contributed by atoms with Gasteiger partial charge in [0.25, 0.3) is 0 Å². The Balaban J connectivity index is 4.90. The van der Waals surface area contributed by atoms with Gasteiger partial charge in [-0.1, -0.05) is 91.1 Å². The van der Waals surface area contributed by atoms with Gasteiger partial charge in [0.05, 0.1) is 32.1 Å². The van der Waals surface area contributed by atoms with Crippen molar-refractivity contribution in [2.75, 3.05) is 26.2 Å². The Hall–Kier alpha value is -1.89. The van der Waals surface area contributed by atoms with E-state index in [1.807, 2.05) is 19.9 Å². The van der Waals surface area contributed by atoms with Crippen molar-refractivity contribution in [2.45, 2.75) is 130 Å². The molecule has 7 nitrogen and oxygen atoms in total. The second-order valence-corrected chi connectivity index (χ2v) is 11.6. The predicted molar refractivity (Wildman–Crippen MR) is 156 cm³/mol. The first-order chi connectivity index (χ1) is 18.7. The summed E-state index contributed by atoms with van der Waals surface area (Å²) in [6.45, 7) is 10.5. The molecule has 0 aromatic carbocycles. The van der Waals surface area contributed by atoms with Crippen LogP contribution in [0.3, 0.4) is 0 Å². The number of carbonyl (C=O) groups is 3. The molecule has 0 radical (unpaired) electrons. The van der Waals surface area contributed by atoms with E-state index in [0.717, 1.165) is 32.1 Å². The highest BCUT2D eigenvalue weighted by Crippen LogP contribution is 2.25. The fourth-order valence-corrected chi connectivity index (χ4v) is 5.71. The van der Waals surface area contributed by atoms with Gasteiger partial charge in [-0.15, -0.1) is 6.58 Å². The van der Waals surface area contributed by atoms with E-state index < -0.39 is 35.7 Å². The van der Waals surface area contributed by atoms with Crippen LogP contribution in [-0.2, 0) is 14.4 Å². The van der Waals surface area contributed by atoms with Crippen LogP contribution in [0.2, 0.25) is 0 Å². The van der Waals surface area contributed by atoms with Crippen molar-refractivity contribution in [1.82, 2.24) is 0 Å². The van der Waals surface area contributed by atoms with Gasteiger partial charge in [-0.3, -0.25) is 9.59 Å². The average Bonchev–Trinajstić information content (AvgIpc) is 2.90. The highest BCUT2D eigenvalue weighted by molar-refractivity contribution is 5.70. The number of unbranched alkanes of at least 4 members (excludes halogenated alkanes) is 13. The Morgan fingerprint density at radius 1 is 0.641 bits per heavy atom. The molecule has 0 saturated carbocycles. The first-order valence-electron chi connectivity index (χ1n) is 15.8. The summed E-state index contributed by atoms with van der Waals surface area (Å²) < 4.78 is 0.218. The molecule has 0 bridgehead atoms. The summed E-state index contributed by atoms with van der Waals surface area (Å²) in [6, 6.07) is 0. The van der Waals surface area contributed by atoms with Crippen molar-refractivity contribution in [2.24, 2.45) is 17.8 Å². The molecule has 228 valence electrons. The van der Waals surface area contributed by atoms with Crippen LogP contribution < -0.4 is 5.11 Å². The monoisotopic (exact) mass is 553 g/mol. The lowest BCUT2D eigenvalue weighted by Gasteiger charge is -2.44. The number of allylic oxidation sites excluding steroid dienone is 1. The Bertz CT molecular complexity index is 620. The summed E-state index contributed by atoms with van der Waals surface area (Å²) in [5, 5.41) is 31.4. The van der Waals surface area contributed by atoms with Gasteiger partial charge in [-0.05, 0) is 44.9 Å². The van der Waals surface area contributed by atoms with Crippen molar-refractivity contribution in [3.8, 4) is 0 Å². The van der Waals surface area contributed by atoms with Crippen LogP contribution in [-0.4, -0.2) is 58.8 Å². The van der Waals surface area contributed by atoms with E-state index in [1.165, 1.54) is 57.8 Å². The van der Waals surface area contributed by atoms with Crippen LogP contribution >= 0.6 is 0 Å². The Morgan fingerprint density at radius 3 is 1.28 bits per heavy atom. The van der Waals surface area contributed by atoms with Gasteiger partial charge in [0.2, 0.25) is 0 Å². The maximum Gasteiger partial charge on any atom is 0.312 e. The highest BCUT2D eigenvalue weighted by atomic mass is 16.4. The molecule has 3 unspecified atom stereocenters. The van der Waals surface area contributed by atoms with Crippen LogP contribution in [0.1, 0.15) is 130 Å². The third-order valence-electron chi connectivity index (χ3n) is 8.37. The molecule has 0 aromatic heterocycles. The van der Waals surface area contributed by atoms with Gasteiger partial charge in [0.15, 0.2) is 0 Å². The smallest absolute Gasteiger partial charge is 0.312 e. The van der Waals surface area contributed by atoms with Gasteiger partial charge in [0, 0.05) is 5.92 Å². The minimum absolute atomic E-state index is 0.218. The van der Waals surface area contributed by atoms with E-state index in [2.05, 4.69) is 6.58 Å².